The Morgan fingerprint density at radius 1 is 1.52 bits per heavy atom. The number of aliphatic imine (C=N–C) groups is 1. The molecule has 0 radical (unpaired) electrons. The minimum Gasteiger partial charge on any atom is -0.465 e. The fourth-order valence-corrected chi connectivity index (χ4v) is 2.08. The quantitative estimate of drug-likeness (QED) is 0.284. The molecule has 1 saturated heterocycles. The molecule has 7 heteroatoms. The van der Waals surface area contributed by atoms with Crippen molar-refractivity contribution >= 4 is 12.2 Å². The Morgan fingerprint density at radius 2 is 2.24 bits per heavy atom. The summed E-state index contributed by atoms with van der Waals surface area (Å²) in [6.07, 6.45) is 4.22. The molecule has 0 aromatic heterocycles. The Balaban J connectivity index is 2.94. The van der Waals surface area contributed by atoms with Crippen LogP contribution in [0.3, 0.4) is 0 Å². The van der Waals surface area contributed by atoms with Crippen LogP contribution in [0.15, 0.2) is 28.2 Å². The van der Waals surface area contributed by atoms with Crippen LogP contribution in [0.2, 0.25) is 0 Å². The number of carbonyl (C=O) groups is 1. The van der Waals surface area contributed by atoms with E-state index in [1.165, 1.54) is 13.3 Å². The first-order chi connectivity index (χ1) is 10.1. The van der Waals surface area contributed by atoms with Crippen LogP contribution in [0.25, 0.3) is 0 Å². The largest absolute Gasteiger partial charge is 0.465 e. The fraction of sp³-hybridized carbons (Fsp3) is 0.571. The van der Waals surface area contributed by atoms with E-state index in [2.05, 4.69) is 10.3 Å². The maximum Gasteiger partial charge on any atom is 0.343 e. The Kier molecular flexibility index (Phi) is 6.90. The van der Waals surface area contributed by atoms with Crippen molar-refractivity contribution in [2.75, 3.05) is 13.7 Å². The van der Waals surface area contributed by atoms with Gasteiger partial charge in [-0.2, -0.15) is 0 Å². The van der Waals surface area contributed by atoms with Gasteiger partial charge in [0, 0.05) is 6.21 Å². The molecule has 1 rings (SSSR count). The van der Waals surface area contributed by atoms with E-state index in [0.29, 0.717) is 5.70 Å². The van der Waals surface area contributed by atoms with E-state index in [1.807, 2.05) is 0 Å². The number of allylic oxidation sites excluding steroid dienone is 1. The first-order valence-electron chi connectivity index (χ1n) is 6.83. The van der Waals surface area contributed by atoms with Crippen LogP contribution in [0, 0.1) is 0 Å². The predicted octanol–water partition coefficient (Wildman–Crippen LogP) is 0.411. The summed E-state index contributed by atoms with van der Waals surface area (Å²) in [6, 6.07) is 0. The monoisotopic (exact) mass is 297 g/mol. The second-order valence-electron chi connectivity index (χ2n) is 4.49. The molecule has 0 aromatic carbocycles. The summed E-state index contributed by atoms with van der Waals surface area (Å²) in [5.74, 6) is -0.503. The molecule has 0 amide bonds. The van der Waals surface area contributed by atoms with Crippen LogP contribution >= 0.6 is 0 Å². The summed E-state index contributed by atoms with van der Waals surface area (Å²) in [7, 11) is 1.28. The molecule has 0 aromatic rings. The maximum atomic E-state index is 11.9. The van der Waals surface area contributed by atoms with E-state index in [1.54, 1.807) is 19.9 Å². The van der Waals surface area contributed by atoms with Gasteiger partial charge in [0.15, 0.2) is 0 Å². The number of nitrogens with one attached hydrogen (secondary N) is 1. The number of nitrogens with zero attached hydrogens (tertiary/aromatic N) is 1. The second kappa shape index (κ2) is 8.43. The Labute approximate surface area is 124 Å². The van der Waals surface area contributed by atoms with E-state index in [4.69, 9.17) is 20.3 Å². The number of hydrogen-bond donors (Lipinski definition) is 3. The molecule has 1 aliphatic heterocycles. The Hall–Kier alpha value is -1.86. The molecule has 1 fully saturated rings. The highest BCUT2D eigenvalue weighted by atomic mass is 16.5. The minimum absolute atomic E-state index is 0.0225. The standard InChI is InChI=1S/C14H23N3O4/c1-4-10(17-11-7-6-9(8-18)21-11)12(14(19)20-3)13(15)16-5-2/h4-5,9,11,17-18H,6-8,15H2,1-3H3/b10-4?,13-12+,16-5?/t9-,11+/m0/s1. The lowest BCUT2D eigenvalue weighted by molar-refractivity contribution is -0.136. The van der Waals surface area contributed by atoms with Crippen LogP contribution in [0.1, 0.15) is 26.7 Å². The summed E-state index contributed by atoms with van der Waals surface area (Å²) >= 11 is 0. The van der Waals surface area contributed by atoms with Gasteiger partial charge in [-0.3, -0.25) is 0 Å². The van der Waals surface area contributed by atoms with Crippen molar-refractivity contribution in [3.8, 4) is 0 Å². The first-order valence-corrected chi connectivity index (χ1v) is 6.83. The van der Waals surface area contributed by atoms with Gasteiger partial charge in [0.1, 0.15) is 17.6 Å². The smallest absolute Gasteiger partial charge is 0.343 e. The number of carbonyl (C=O) groups excluding carboxylic acids is 1. The van der Waals surface area contributed by atoms with Crippen molar-refractivity contribution in [1.82, 2.24) is 5.32 Å². The molecule has 0 saturated carbocycles. The van der Waals surface area contributed by atoms with Gasteiger partial charge in [-0.05, 0) is 26.7 Å². The molecule has 4 N–H and O–H groups in total. The van der Waals surface area contributed by atoms with E-state index in [0.717, 1.165) is 12.8 Å². The molecule has 0 aliphatic carbocycles. The summed E-state index contributed by atoms with van der Waals surface area (Å²) in [6.45, 7) is 3.45. The van der Waals surface area contributed by atoms with Crippen molar-refractivity contribution in [2.24, 2.45) is 10.7 Å². The first kappa shape index (κ1) is 17.2. The number of hydrogen-bond acceptors (Lipinski definition) is 7. The van der Waals surface area contributed by atoms with Gasteiger partial charge in [0.05, 0.1) is 25.5 Å². The highest BCUT2D eigenvalue weighted by Crippen LogP contribution is 2.21. The van der Waals surface area contributed by atoms with Gasteiger partial charge in [-0.15, -0.1) is 0 Å². The van der Waals surface area contributed by atoms with Crippen molar-refractivity contribution in [2.45, 2.75) is 39.0 Å². The minimum atomic E-state index is -0.574. The van der Waals surface area contributed by atoms with Gasteiger partial charge in [0.2, 0.25) is 0 Å². The topological polar surface area (TPSA) is 106 Å². The Morgan fingerprint density at radius 3 is 2.71 bits per heavy atom. The molecule has 0 spiro atoms. The molecule has 0 bridgehead atoms. The lowest BCUT2D eigenvalue weighted by atomic mass is 10.1. The van der Waals surface area contributed by atoms with Crippen LogP contribution in [-0.2, 0) is 14.3 Å². The van der Waals surface area contributed by atoms with Gasteiger partial charge in [0.25, 0.3) is 0 Å². The molecule has 0 unspecified atom stereocenters. The van der Waals surface area contributed by atoms with Crippen molar-refractivity contribution in [3.63, 3.8) is 0 Å². The normalized spacial score (nSPS) is 24.1. The van der Waals surface area contributed by atoms with Crippen LogP contribution in [0.5, 0.6) is 0 Å². The predicted molar refractivity (Wildman–Crippen MR) is 79.3 cm³/mol. The SMILES string of the molecule is CC=N/C(N)=C(/C(=O)OC)C(=CC)N[C@H]1CC[C@@H](CO)O1. The zero-order valence-electron chi connectivity index (χ0n) is 12.6. The number of aliphatic hydroxyl groups excluding tert-OH is 1. The maximum absolute atomic E-state index is 11.9. The third-order valence-corrected chi connectivity index (χ3v) is 3.10. The third kappa shape index (κ3) is 4.57. The van der Waals surface area contributed by atoms with Crippen LogP contribution in [-0.4, -0.2) is 43.3 Å². The van der Waals surface area contributed by atoms with Gasteiger partial charge >= 0.3 is 5.97 Å². The van der Waals surface area contributed by atoms with E-state index >= 15 is 0 Å². The molecule has 1 aliphatic rings. The highest BCUT2D eigenvalue weighted by Gasteiger charge is 2.27. The van der Waals surface area contributed by atoms with E-state index in [-0.39, 0.29) is 30.3 Å². The molecule has 21 heavy (non-hydrogen) atoms. The lowest BCUT2D eigenvalue weighted by Gasteiger charge is -2.19. The van der Waals surface area contributed by atoms with Gasteiger partial charge in [-0.25, -0.2) is 9.79 Å². The molecule has 118 valence electrons. The Bertz CT molecular complexity index is 457. The number of aliphatic hydroxyl groups is 1. The average Bonchev–Trinajstić information content (AvgIpc) is 2.94. The van der Waals surface area contributed by atoms with E-state index < -0.39 is 5.97 Å². The summed E-state index contributed by atoms with van der Waals surface area (Å²) in [4.78, 5) is 15.9. The van der Waals surface area contributed by atoms with Crippen LogP contribution in [0.4, 0.5) is 0 Å². The highest BCUT2D eigenvalue weighted by molar-refractivity contribution is 5.94. The number of nitrogens with two attached hydrogens (primary N) is 1. The summed E-state index contributed by atoms with van der Waals surface area (Å²) in [5, 5.41) is 12.2. The number of ether oxygens (including phenoxy) is 2. The molecular weight excluding hydrogens is 274 g/mol. The second-order valence-corrected chi connectivity index (χ2v) is 4.49. The summed E-state index contributed by atoms with van der Waals surface area (Å²) in [5.41, 5.74) is 6.48. The molecule has 1 heterocycles. The zero-order valence-corrected chi connectivity index (χ0v) is 12.6. The average molecular weight is 297 g/mol. The third-order valence-electron chi connectivity index (χ3n) is 3.10. The fourth-order valence-electron chi connectivity index (χ4n) is 2.08. The number of esters is 1. The number of rotatable bonds is 6. The molecule has 2 atom stereocenters. The van der Waals surface area contributed by atoms with Gasteiger partial charge < -0.3 is 25.6 Å². The van der Waals surface area contributed by atoms with Crippen molar-refractivity contribution < 1.29 is 19.4 Å². The van der Waals surface area contributed by atoms with Crippen LogP contribution < -0.4 is 11.1 Å². The van der Waals surface area contributed by atoms with Crippen molar-refractivity contribution in [3.05, 3.63) is 23.2 Å². The lowest BCUT2D eigenvalue weighted by Crippen LogP contribution is -2.32. The molecular formula is C14H23N3O4. The zero-order chi connectivity index (χ0) is 15.8. The van der Waals surface area contributed by atoms with Crippen molar-refractivity contribution in [1.29, 1.82) is 0 Å². The van der Waals surface area contributed by atoms with E-state index in [9.17, 15) is 4.79 Å². The number of methoxy groups -OCH3 is 1. The summed E-state index contributed by atoms with van der Waals surface area (Å²) < 4.78 is 10.3. The van der Waals surface area contributed by atoms with Gasteiger partial charge in [-0.1, -0.05) is 6.08 Å². The molecule has 7 nitrogen and oxygen atoms in total.